The molecule has 0 radical (unpaired) electrons. The second-order valence-electron chi connectivity index (χ2n) is 8.15. The minimum Gasteiger partial charge on any atom is -0.497 e. The summed E-state index contributed by atoms with van der Waals surface area (Å²) >= 11 is 0. The summed E-state index contributed by atoms with van der Waals surface area (Å²) in [5.41, 5.74) is 4.03. The first kappa shape index (κ1) is 19.0. The van der Waals surface area contributed by atoms with Gasteiger partial charge < -0.3 is 9.64 Å². The normalized spacial score (nSPS) is 22.1. The Hall–Kier alpha value is -2.33. The van der Waals surface area contributed by atoms with Crippen molar-refractivity contribution in [2.45, 2.75) is 51.2 Å². The molecular formula is C24H30N2O2. The summed E-state index contributed by atoms with van der Waals surface area (Å²) in [6, 6.07) is 17.0. The summed E-state index contributed by atoms with van der Waals surface area (Å²) in [7, 11) is 1.70. The molecule has 0 aliphatic carbocycles. The summed E-state index contributed by atoms with van der Waals surface area (Å²) in [6.45, 7) is 5.53. The van der Waals surface area contributed by atoms with Gasteiger partial charge in [0.15, 0.2) is 0 Å². The van der Waals surface area contributed by atoms with Crippen LogP contribution < -0.4 is 4.74 Å². The van der Waals surface area contributed by atoms with Crippen LogP contribution in [0.4, 0.5) is 0 Å². The first-order valence-electron chi connectivity index (χ1n) is 10.4. The third-order valence-electron chi connectivity index (χ3n) is 6.41. The zero-order chi connectivity index (χ0) is 19.6. The summed E-state index contributed by atoms with van der Waals surface area (Å²) in [5.74, 6) is 1.15. The van der Waals surface area contributed by atoms with E-state index < -0.39 is 0 Å². The van der Waals surface area contributed by atoms with Crippen LogP contribution in [0.5, 0.6) is 5.75 Å². The predicted octanol–water partition coefficient (Wildman–Crippen LogP) is 4.02. The molecule has 148 valence electrons. The van der Waals surface area contributed by atoms with Gasteiger partial charge in [0.25, 0.3) is 0 Å². The largest absolute Gasteiger partial charge is 0.497 e. The number of fused-ring (bicyclic) bond motifs is 1. The molecule has 1 atom stereocenters. The van der Waals surface area contributed by atoms with E-state index in [0.717, 1.165) is 44.8 Å². The lowest BCUT2D eigenvalue weighted by molar-refractivity contribution is -0.133. The van der Waals surface area contributed by atoms with Gasteiger partial charge in [-0.2, -0.15) is 0 Å². The molecule has 0 aromatic heterocycles. The maximum Gasteiger partial charge on any atom is 0.222 e. The quantitative estimate of drug-likeness (QED) is 0.805. The van der Waals surface area contributed by atoms with Crippen molar-refractivity contribution >= 4 is 5.91 Å². The first-order valence-corrected chi connectivity index (χ1v) is 10.4. The minimum atomic E-state index is 0.0252. The molecule has 2 aromatic carbocycles. The van der Waals surface area contributed by atoms with Crippen LogP contribution in [0, 0.1) is 0 Å². The average Bonchev–Trinajstić information content (AvgIpc) is 3.00. The highest BCUT2D eigenvalue weighted by molar-refractivity contribution is 5.76. The van der Waals surface area contributed by atoms with Crippen molar-refractivity contribution in [1.82, 2.24) is 9.80 Å². The van der Waals surface area contributed by atoms with E-state index in [1.54, 1.807) is 7.11 Å². The number of hydrogen-bond acceptors (Lipinski definition) is 3. The van der Waals surface area contributed by atoms with Crippen molar-refractivity contribution in [2.75, 3.05) is 20.2 Å². The Bertz CT molecular complexity index is 833. The van der Waals surface area contributed by atoms with Gasteiger partial charge in [-0.25, -0.2) is 0 Å². The van der Waals surface area contributed by atoms with Crippen molar-refractivity contribution in [3.05, 3.63) is 65.2 Å². The molecule has 4 nitrogen and oxygen atoms in total. The Labute approximate surface area is 168 Å². The molecule has 4 rings (SSSR count). The molecule has 0 saturated carbocycles. The van der Waals surface area contributed by atoms with Gasteiger partial charge in [-0.15, -0.1) is 0 Å². The van der Waals surface area contributed by atoms with Gasteiger partial charge in [-0.1, -0.05) is 43.3 Å². The molecule has 0 N–H and O–H groups in total. The molecule has 1 unspecified atom stereocenters. The molecule has 2 aliphatic rings. The fraction of sp³-hybridized carbons (Fsp3) is 0.458. The number of rotatable bonds is 4. The number of hydrogen-bond donors (Lipinski definition) is 0. The number of likely N-dealkylation sites (tertiary alicyclic amines) is 1. The molecule has 1 saturated heterocycles. The standard InChI is InChI=1S/C24H30N2O2/c1-3-23(27)25-17-21-8-5-4-7-20(21)15-24(18-25)13-6-14-26(24)16-19-9-11-22(28-2)12-10-19/h4-5,7-12H,3,6,13-18H2,1-2H3. The third-order valence-corrected chi connectivity index (χ3v) is 6.41. The number of carbonyl (C=O) groups excluding carboxylic acids is 1. The topological polar surface area (TPSA) is 32.8 Å². The number of amides is 1. The zero-order valence-corrected chi connectivity index (χ0v) is 17.0. The SMILES string of the molecule is CCC(=O)N1Cc2ccccc2CC2(CCCN2Cc2ccc(OC)cc2)C1. The Morgan fingerprint density at radius 2 is 1.86 bits per heavy atom. The Morgan fingerprint density at radius 3 is 2.57 bits per heavy atom. The molecule has 2 aliphatic heterocycles. The van der Waals surface area contributed by atoms with Crippen molar-refractivity contribution < 1.29 is 9.53 Å². The smallest absolute Gasteiger partial charge is 0.222 e. The molecule has 28 heavy (non-hydrogen) atoms. The van der Waals surface area contributed by atoms with Gasteiger partial charge in [-0.3, -0.25) is 9.69 Å². The first-order chi connectivity index (χ1) is 13.6. The van der Waals surface area contributed by atoms with E-state index in [0.29, 0.717) is 6.42 Å². The van der Waals surface area contributed by atoms with Crippen molar-refractivity contribution in [3.63, 3.8) is 0 Å². The maximum absolute atomic E-state index is 12.7. The Balaban J connectivity index is 1.65. The number of nitrogens with zero attached hydrogens (tertiary/aromatic N) is 2. The van der Waals surface area contributed by atoms with Gasteiger partial charge in [0.2, 0.25) is 5.91 Å². The van der Waals surface area contributed by atoms with Crippen LogP contribution >= 0.6 is 0 Å². The predicted molar refractivity (Wildman–Crippen MR) is 111 cm³/mol. The van der Waals surface area contributed by atoms with E-state index in [4.69, 9.17) is 4.74 Å². The van der Waals surface area contributed by atoms with Gasteiger partial charge in [0.1, 0.15) is 5.75 Å². The molecule has 1 amide bonds. The Kier molecular flexibility index (Phi) is 5.40. The van der Waals surface area contributed by atoms with Gasteiger partial charge in [-0.05, 0) is 54.6 Å². The van der Waals surface area contributed by atoms with Crippen LogP contribution in [-0.2, 0) is 24.3 Å². The van der Waals surface area contributed by atoms with Crippen LogP contribution in [0.3, 0.4) is 0 Å². The monoisotopic (exact) mass is 378 g/mol. The van der Waals surface area contributed by atoms with E-state index in [9.17, 15) is 4.79 Å². The summed E-state index contributed by atoms with van der Waals surface area (Å²) in [5, 5.41) is 0. The maximum atomic E-state index is 12.7. The Morgan fingerprint density at radius 1 is 1.11 bits per heavy atom. The number of benzene rings is 2. The molecule has 4 heteroatoms. The van der Waals surface area contributed by atoms with Crippen LogP contribution in [-0.4, -0.2) is 41.4 Å². The lowest BCUT2D eigenvalue weighted by Crippen LogP contribution is -2.53. The number of methoxy groups -OCH3 is 1. The lowest BCUT2D eigenvalue weighted by atomic mass is 9.87. The van der Waals surface area contributed by atoms with Crippen molar-refractivity contribution in [3.8, 4) is 5.75 Å². The van der Waals surface area contributed by atoms with E-state index in [1.165, 1.54) is 23.1 Å². The zero-order valence-electron chi connectivity index (χ0n) is 17.0. The summed E-state index contributed by atoms with van der Waals surface area (Å²) in [6.07, 6.45) is 3.92. The number of carbonyl (C=O) groups is 1. The van der Waals surface area contributed by atoms with Crippen LogP contribution in [0.1, 0.15) is 42.9 Å². The second kappa shape index (κ2) is 7.96. The average molecular weight is 379 g/mol. The second-order valence-corrected chi connectivity index (χ2v) is 8.15. The molecule has 2 heterocycles. The van der Waals surface area contributed by atoms with Gasteiger partial charge in [0.05, 0.1) is 7.11 Å². The van der Waals surface area contributed by atoms with Crippen molar-refractivity contribution in [2.24, 2.45) is 0 Å². The summed E-state index contributed by atoms with van der Waals surface area (Å²) in [4.78, 5) is 17.4. The highest BCUT2D eigenvalue weighted by Gasteiger charge is 2.44. The van der Waals surface area contributed by atoms with Gasteiger partial charge in [0, 0.05) is 31.6 Å². The van der Waals surface area contributed by atoms with E-state index in [-0.39, 0.29) is 11.4 Å². The molecule has 1 spiro atoms. The van der Waals surface area contributed by atoms with Gasteiger partial charge >= 0.3 is 0 Å². The highest BCUT2D eigenvalue weighted by Crippen LogP contribution is 2.38. The fourth-order valence-corrected chi connectivity index (χ4v) is 4.88. The van der Waals surface area contributed by atoms with E-state index in [2.05, 4.69) is 46.2 Å². The summed E-state index contributed by atoms with van der Waals surface area (Å²) < 4.78 is 5.30. The minimum absolute atomic E-state index is 0.0252. The molecule has 1 fully saturated rings. The van der Waals surface area contributed by atoms with E-state index in [1.807, 2.05) is 19.1 Å². The third kappa shape index (κ3) is 3.66. The number of ether oxygens (including phenoxy) is 1. The highest BCUT2D eigenvalue weighted by atomic mass is 16.5. The van der Waals surface area contributed by atoms with Crippen LogP contribution in [0.25, 0.3) is 0 Å². The molecule has 2 aromatic rings. The fourth-order valence-electron chi connectivity index (χ4n) is 4.88. The molecule has 0 bridgehead atoms. The van der Waals surface area contributed by atoms with Crippen LogP contribution in [0.15, 0.2) is 48.5 Å². The van der Waals surface area contributed by atoms with Crippen molar-refractivity contribution in [1.29, 1.82) is 0 Å². The molecular weight excluding hydrogens is 348 g/mol. The van der Waals surface area contributed by atoms with E-state index >= 15 is 0 Å². The lowest BCUT2D eigenvalue weighted by Gasteiger charge is -2.41. The van der Waals surface area contributed by atoms with Crippen LogP contribution in [0.2, 0.25) is 0 Å².